The molecule has 6 nitrogen and oxygen atoms in total. The van der Waals surface area contributed by atoms with E-state index in [9.17, 15) is 4.79 Å². The lowest BCUT2D eigenvalue weighted by Gasteiger charge is -2.15. The van der Waals surface area contributed by atoms with Gasteiger partial charge >= 0.3 is 0 Å². The lowest BCUT2D eigenvalue weighted by Crippen LogP contribution is -2.30. The number of hydrogen-bond acceptors (Lipinski definition) is 3. The first-order valence-corrected chi connectivity index (χ1v) is 8.91. The van der Waals surface area contributed by atoms with Gasteiger partial charge < -0.3 is 9.88 Å². The number of benzene rings is 1. The first-order valence-electron chi connectivity index (χ1n) is 8.91. The molecule has 0 bridgehead atoms. The minimum Gasteiger partial charge on any atom is -0.348 e. The summed E-state index contributed by atoms with van der Waals surface area (Å²) in [4.78, 5) is 16.7. The maximum atomic E-state index is 12.4. The monoisotopic (exact) mass is 351 g/mol. The Morgan fingerprint density at radius 1 is 1.27 bits per heavy atom. The molecule has 0 unspecified atom stereocenters. The van der Waals surface area contributed by atoms with Crippen LogP contribution < -0.4 is 5.32 Å². The maximum absolute atomic E-state index is 12.4. The molecule has 2 heterocycles. The summed E-state index contributed by atoms with van der Waals surface area (Å²) in [7, 11) is 0. The number of imidazole rings is 1. The predicted molar refractivity (Wildman–Crippen MR) is 101 cm³/mol. The van der Waals surface area contributed by atoms with Gasteiger partial charge in [-0.3, -0.25) is 4.79 Å². The second-order valence-electron chi connectivity index (χ2n) is 6.50. The van der Waals surface area contributed by atoms with Gasteiger partial charge in [-0.25, -0.2) is 9.67 Å². The minimum absolute atomic E-state index is 0.0340. The number of para-hydroxylation sites is 1. The number of aromatic nitrogens is 4. The Kier molecular flexibility index (Phi) is 5.21. The summed E-state index contributed by atoms with van der Waals surface area (Å²) < 4.78 is 3.81. The Morgan fingerprint density at radius 2 is 2.04 bits per heavy atom. The van der Waals surface area contributed by atoms with Gasteiger partial charge in [0.15, 0.2) is 0 Å². The third-order valence-corrected chi connectivity index (χ3v) is 4.67. The van der Waals surface area contributed by atoms with Gasteiger partial charge in [0.25, 0.3) is 0 Å². The molecule has 0 saturated heterocycles. The average molecular weight is 351 g/mol. The summed E-state index contributed by atoms with van der Waals surface area (Å²) in [5.41, 5.74) is 4.27. The summed E-state index contributed by atoms with van der Waals surface area (Å²) in [5.74, 6) is 0.879. The van der Waals surface area contributed by atoms with Crippen LogP contribution in [-0.4, -0.2) is 25.2 Å². The molecule has 0 aliphatic heterocycles. The molecule has 0 radical (unpaired) electrons. The van der Waals surface area contributed by atoms with Crippen LogP contribution in [0, 0.1) is 13.8 Å². The van der Waals surface area contributed by atoms with E-state index in [1.165, 1.54) is 0 Å². The van der Waals surface area contributed by atoms with Gasteiger partial charge in [-0.1, -0.05) is 25.1 Å². The zero-order valence-electron chi connectivity index (χ0n) is 15.7. The fourth-order valence-corrected chi connectivity index (χ4v) is 3.21. The van der Waals surface area contributed by atoms with Crippen molar-refractivity contribution in [1.29, 1.82) is 0 Å². The lowest BCUT2D eigenvalue weighted by molar-refractivity contribution is -0.122. The third kappa shape index (κ3) is 3.54. The van der Waals surface area contributed by atoms with E-state index in [0.29, 0.717) is 0 Å². The molecular weight excluding hydrogens is 326 g/mol. The fourth-order valence-electron chi connectivity index (χ4n) is 3.21. The van der Waals surface area contributed by atoms with E-state index in [-0.39, 0.29) is 18.5 Å². The van der Waals surface area contributed by atoms with Crippen molar-refractivity contribution >= 4 is 5.91 Å². The van der Waals surface area contributed by atoms with Crippen molar-refractivity contribution in [2.24, 2.45) is 0 Å². The van der Waals surface area contributed by atoms with Crippen LogP contribution in [0.1, 0.15) is 42.5 Å². The highest BCUT2D eigenvalue weighted by Gasteiger charge is 2.17. The largest absolute Gasteiger partial charge is 0.348 e. The fraction of sp³-hybridized carbons (Fsp3) is 0.350. The molecule has 0 aliphatic rings. The van der Waals surface area contributed by atoms with Crippen molar-refractivity contribution in [3.05, 3.63) is 65.5 Å². The Bertz CT molecular complexity index is 909. The van der Waals surface area contributed by atoms with Crippen LogP contribution in [-0.2, 0) is 17.8 Å². The summed E-state index contributed by atoms with van der Waals surface area (Å²) >= 11 is 0. The van der Waals surface area contributed by atoms with E-state index in [1.807, 2.05) is 60.6 Å². The van der Waals surface area contributed by atoms with E-state index in [4.69, 9.17) is 0 Å². The van der Waals surface area contributed by atoms with E-state index in [2.05, 4.69) is 28.4 Å². The highest BCUT2D eigenvalue weighted by atomic mass is 16.2. The van der Waals surface area contributed by atoms with E-state index < -0.39 is 0 Å². The number of nitrogens with zero attached hydrogens (tertiary/aromatic N) is 4. The van der Waals surface area contributed by atoms with Crippen molar-refractivity contribution < 1.29 is 4.79 Å². The van der Waals surface area contributed by atoms with Crippen LogP contribution in [0.4, 0.5) is 0 Å². The zero-order valence-corrected chi connectivity index (χ0v) is 15.7. The summed E-state index contributed by atoms with van der Waals surface area (Å²) in [6, 6.07) is 8.02. The van der Waals surface area contributed by atoms with Crippen LogP contribution in [0.15, 0.2) is 42.9 Å². The van der Waals surface area contributed by atoms with Gasteiger partial charge in [0.05, 0.1) is 17.9 Å². The van der Waals surface area contributed by atoms with Crippen LogP contribution in [0.2, 0.25) is 0 Å². The summed E-state index contributed by atoms with van der Waals surface area (Å²) in [6.07, 6.45) is 6.20. The molecule has 3 rings (SSSR count). The van der Waals surface area contributed by atoms with Gasteiger partial charge in [0.2, 0.25) is 5.91 Å². The summed E-state index contributed by atoms with van der Waals surface area (Å²) in [6.45, 7) is 8.39. The van der Waals surface area contributed by atoms with Gasteiger partial charge in [-0.05, 0) is 32.4 Å². The maximum Gasteiger partial charge on any atom is 0.240 e. The van der Waals surface area contributed by atoms with Crippen LogP contribution in [0.5, 0.6) is 0 Å². The standard InChI is InChI=1S/C20H25N5O/c1-5-19-21-10-11-24(19)13-20(26)23-15(3)17-12-22-25(16(17)4)18-9-7-6-8-14(18)2/h6-12,15H,5,13H2,1-4H3,(H,23,26)/t15-/m0/s1. The highest BCUT2D eigenvalue weighted by molar-refractivity contribution is 5.76. The molecule has 1 N–H and O–H groups in total. The van der Waals surface area contributed by atoms with Crippen molar-refractivity contribution in [2.45, 2.75) is 46.7 Å². The summed E-state index contributed by atoms with van der Waals surface area (Å²) in [5, 5.41) is 7.59. The number of nitrogens with one attached hydrogen (secondary N) is 1. The van der Waals surface area contributed by atoms with Crippen molar-refractivity contribution in [3.63, 3.8) is 0 Å². The molecule has 1 amide bonds. The lowest BCUT2D eigenvalue weighted by atomic mass is 10.1. The van der Waals surface area contributed by atoms with Gasteiger partial charge in [-0.15, -0.1) is 0 Å². The Morgan fingerprint density at radius 3 is 2.77 bits per heavy atom. The molecule has 1 aromatic carbocycles. The quantitative estimate of drug-likeness (QED) is 0.742. The molecule has 136 valence electrons. The SMILES string of the molecule is CCc1nccn1CC(=O)N[C@@H](C)c1cnn(-c2ccccc2C)c1C. The van der Waals surface area contributed by atoms with Crippen molar-refractivity contribution in [1.82, 2.24) is 24.6 Å². The molecule has 0 spiro atoms. The second kappa shape index (κ2) is 7.56. The van der Waals surface area contributed by atoms with Crippen LogP contribution in [0.3, 0.4) is 0 Å². The molecule has 3 aromatic rings. The predicted octanol–water partition coefficient (Wildman–Crippen LogP) is 3.13. The molecule has 0 saturated carbocycles. The van der Waals surface area contributed by atoms with Crippen molar-refractivity contribution in [3.8, 4) is 5.69 Å². The molecule has 0 fully saturated rings. The molecule has 2 aromatic heterocycles. The van der Waals surface area contributed by atoms with E-state index >= 15 is 0 Å². The number of rotatable bonds is 6. The molecule has 1 atom stereocenters. The van der Waals surface area contributed by atoms with Crippen molar-refractivity contribution in [2.75, 3.05) is 0 Å². The Hall–Kier alpha value is -2.89. The zero-order chi connectivity index (χ0) is 18.7. The smallest absolute Gasteiger partial charge is 0.240 e. The Labute approximate surface area is 153 Å². The van der Waals surface area contributed by atoms with Gasteiger partial charge in [0.1, 0.15) is 12.4 Å². The number of carbonyl (C=O) groups is 1. The molecule has 26 heavy (non-hydrogen) atoms. The number of amides is 1. The minimum atomic E-state index is -0.117. The van der Waals surface area contributed by atoms with Crippen LogP contribution >= 0.6 is 0 Å². The van der Waals surface area contributed by atoms with E-state index in [1.54, 1.807) is 6.20 Å². The first-order chi connectivity index (χ1) is 12.5. The van der Waals surface area contributed by atoms with Gasteiger partial charge in [0, 0.05) is 30.1 Å². The topological polar surface area (TPSA) is 64.7 Å². The Balaban J connectivity index is 1.73. The average Bonchev–Trinajstić information content (AvgIpc) is 3.21. The molecule has 0 aliphatic carbocycles. The third-order valence-electron chi connectivity index (χ3n) is 4.67. The van der Waals surface area contributed by atoms with E-state index in [0.717, 1.165) is 34.8 Å². The number of hydrogen-bond donors (Lipinski definition) is 1. The first kappa shape index (κ1) is 17.9. The molecule has 6 heteroatoms. The normalized spacial score (nSPS) is 12.2. The number of aryl methyl sites for hydroxylation is 2. The van der Waals surface area contributed by atoms with Crippen LogP contribution in [0.25, 0.3) is 5.69 Å². The second-order valence-corrected chi connectivity index (χ2v) is 6.50. The highest BCUT2D eigenvalue weighted by Crippen LogP contribution is 2.21. The molecular formula is C20H25N5O. The van der Waals surface area contributed by atoms with Gasteiger partial charge in [-0.2, -0.15) is 5.10 Å². The number of carbonyl (C=O) groups excluding carboxylic acids is 1.